The van der Waals surface area contributed by atoms with Gasteiger partial charge in [-0.2, -0.15) is 0 Å². The number of hydrogen-bond acceptors (Lipinski definition) is 1. The van der Waals surface area contributed by atoms with Crippen LogP contribution >= 0.6 is 0 Å². The lowest BCUT2D eigenvalue weighted by Crippen LogP contribution is -2.27. The van der Waals surface area contributed by atoms with Crippen molar-refractivity contribution in [3.63, 3.8) is 0 Å². The first-order chi connectivity index (χ1) is 8.79. The van der Waals surface area contributed by atoms with Crippen LogP contribution in [0.2, 0.25) is 0 Å². The molecule has 1 aromatic carbocycles. The second-order valence-corrected chi connectivity index (χ2v) is 5.27. The minimum absolute atomic E-state index is 0.194. The van der Waals surface area contributed by atoms with Crippen LogP contribution < -0.4 is 5.32 Å². The highest BCUT2D eigenvalue weighted by Crippen LogP contribution is 2.27. The average Bonchev–Trinajstić information content (AvgIpc) is 2.29. The lowest BCUT2D eigenvalue weighted by molar-refractivity contribution is -0.122. The van der Waals surface area contributed by atoms with Crippen LogP contribution in [0.15, 0.2) is 24.3 Å². The van der Waals surface area contributed by atoms with E-state index in [0.29, 0.717) is 0 Å². The minimum Gasteiger partial charge on any atom is -0.326 e. The number of anilines is 1. The zero-order chi connectivity index (χ0) is 12.8. The van der Waals surface area contributed by atoms with Crippen LogP contribution in [-0.4, -0.2) is 5.91 Å². The molecule has 1 saturated carbocycles. The number of amides is 1. The Morgan fingerprint density at radius 1 is 1.22 bits per heavy atom. The van der Waals surface area contributed by atoms with Gasteiger partial charge < -0.3 is 5.32 Å². The van der Waals surface area contributed by atoms with E-state index in [1.165, 1.54) is 31.2 Å². The van der Waals surface area contributed by atoms with Crippen molar-refractivity contribution in [2.75, 3.05) is 5.32 Å². The molecular formula is C16H23NO. The lowest BCUT2D eigenvalue weighted by atomic mass is 9.85. The van der Waals surface area contributed by atoms with E-state index < -0.39 is 0 Å². The molecular weight excluding hydrogens is 222 g/mol. The molecule has 1 fully saturated rings. The summed E-state index contributed by atoms with van der Waals surface area (Å²) in [5, 5.41) is 3.00. The molecule has 98 valence electrons. The molecule has 2 rings (SSSR count). The third-order valence-electron chi connectivity index (χ3n) is 3.77. The fourth-order valence-electron chi connectivity index (χ4n) is 2.25. The molecule has 0 spiro atoms. The summed E-state index contributed by atoms with van der Waals surface area (Å²) in [5.74, 6) is 0.453. The number of nitrogens with one attached hydrogen (secondary N) is 1. The summed E-state index contributed by atoms with van der Waals surface area (Å²) >= 11 is 0. The Morgan fingerprint density at radius 3 is 2.50 bits per heavy atom. The van der Waals surface area contributed by atoms with Crippen LogP contribution in [0.3, 0.4) is 0 Å². The molecule has 0 radical (unpaired) electrons. The van der Waals surface area contributed by atoms with E-state index in [-0.39, 0.29) is 11.8 Å². The molecule has 0 saturated heterocycles. The number of unbranched alkanes of at least 4 members (excludes halogenated alkanes) is 2. The van der Waals surface area contributed by atoms with Gasteiger partial charge in [0.05, 0.1) is 0 Å². The first-order valence-electron chi connectivity index (χ1n) is 7.19. The molecule has 0 bridgehead atoms. The fraction of sp³-hybridized carbons (Fsp3) is 0.562. The van der Waals surface area contributed by atoms with E-state index in [9.17, 15) is 4.79 Å². The average molecular weight is 245 g/mol. The molecule has 0 atom stereocenters. The van der Waals surface area contributed by atoms with Crippen molar-refractivity contribution in [2.45, 2.75) is 51.9 Å². The number of aryl methyl sites for hydroxylation is 1. The molecule has 0 aliphatic heterocycles. The summed E-state index contributed by atoms with van der Waals surface area (Å²) in [6.07, 6.45) is 8.26. The van der Waals surface area contributed by atoms with Gasteiger partial charge in [0.2, 0.25) is 5.91 Å². The largest absolute Gasteiger partial charge is 0.326 e. The zero-order valence-electron chi connectivity index (χ0n) is 11.2. The summed E-state index contributed by atoms with van der Waals surface area (Å²) < 4.78 is 0. The molecule has 1 aliphatic carbocycles. The number of carbonyl (C=O) groups is 1. The maximum absolute atomic E-state index is 11.8. The zero-order valence-corrected chi connectivity index (χ0v) is 11.2. The van der Waals surface area contributed by atoms with Gasteiger partial charge >= 0.3 is 0 Å². The SMILES string of the molecule is CCCCCc1ccc(NC(=O)C2CCC2)cc1. The number of rotatable bonds is 6. The summed E-state index contributed by atoms with van der Waals surface area (Å²) in [5.41, 5.74) is 2.30. The number of benzene rings is 1. The Hall–Kier alpha value is -1.31. The fourth-order valence-corrected chi connectivity index (χ4v) is 2.25. The first-order valence-corrected chi connectivity index (χ1v) is 7.19. The maximum atomic E-state index is 11.8. The van der Waals surface area contributed by atoms with Crippen molar-refractivity contribution in [1.29, 1.82) is 0 Å². The van der Waals surface area contributed by atoms with Gasteiger partial charge in [-0.05, 0) is 43.4 Å². The van der Waals surface area contributed by atoms with Crippen molar-refractivity contribution in [1.82, 2.24) is 0 Å². The molecule has 1 N–H and O–H groups in total. The molecule has 2 heteroatoms. The third-order valence-corrected chi connectivity index (χ3v) is 3.77. The van der Waals surface area contributed by atoms with Crippen molar-refractivity contribution in [3.8, 4) is 0 Å². The highest BCUT2D eigenvalue weighted by molar-refractivity contribution is 5.92. The Balaban J connectivity index is 1.81. The predicted molar refractivity (Wildman–Crippen MR) is 75.6 cm³/mol. The van der Waals surface area contributed by atoms with Crippen LogP contribution in [0, 0.1) is 5.92 Å². The maximum Gasteiger partial charge on any atom is 0.227 e. The molecule has 1 aromatic rings. The summed E-state index contributed by atoms with van der Waals surface area (Å²) in [6.45, 7) is 2.22. The van der Waals surface area contributed by atoms with Gasteiger partial charge in [0.1, 0.15) is 0 Å². The standard InChI is InChI=1S/C16H23NO/c1-2-3-4-6-13-9-11-15(12-10-13)17-16(18)14-7-5-8-14/h9-12,14H,2-8H2,1H3,(H,17,18). The van der Waals surface area contributed by atoms with Gasteiger partial charge in [-0.1, -0.05) is 38.3 Å². The van der Waals surface area contributed by atoms with Crippen molar-refractivity contribution in [2.24, 2.45) is 5.92 Å². The highest BCUT2D eigenvalue weighted by Gasteiger charge is 2.24. The number of carbonyl (C=O) groups excluding carboxylic acids is 1. The molecule has 1 aliphatic rings. The topological polar surface area (TPSA) is 29.1 Å². The monoisotopic (exact) mass is 245 g/mol. The van der Waals surface area contributed by atoms with Gasteiger partial charge in [-0.15, -0.1) is 0 Å². The molecule has 0 heterocycles. The smallest absolute Gasteiger partial charge is 0.227 e. The van der Waals surface area contributed by atoms with Crippen molar-refractivity contribution in [3.05, 3.63) is 29.8 Å². The predicted octanol–water partition coefficient (Wildman–Crippen LogP) is 4.16. The van der Waals surface area contributed by atoms with Gasteiger partial charge in [0, 0.05) is 11.6 Å². The van der Waals surface area contributed by atoms with E-state index in [0.717, 1.165) is 24.9 Å². The van der Waals surface area contributed by atoms with Crippen LogP contribution in [-0.2, 0) is 11.2 Å². The summed E-state index contributed by atoms with van der Waals surface area (Å²) in [6, 6.07) is 8.31. The minimum atomic E-state index is 0.194. The molecule has 0 unspecified atom stereocenters. The quantitative estimate of drug-likeness (QED) is 0.749. The Morgan fingerprint density at radius 2 is 1.94 bits per heavy atom. The van der Waals surface area contributed by atoms with Crippen molar-refractivity contribution < 1.29 is 4.79 Å². The van der Waals surface area contributed by atoms with Crippen LogP contribution in [0.4, 0.5) is 5.69 Å². The van der Waals surface area contributed by atoms with Gasteiger partial charge in [0.25, 0.3) is 0 Å². The normalized spacial score (nSPS) is 15.2. The van der Waals surface area contributed by atoms with E-state index in [1.54, 1.807) is 0 Å². The van der Waals surface area contributed by atoms with E-state index in [2.05, 4.69) is 24.4 Å². The van der Waals surface area contributed by atoms with Crippen molar-refractivity contribution >= 4 is 11.6 Å². The molecule has 18 heavy (non-hydrogen) atoms. The Labute approximate surface area is 110 Å². The Bertz CT molecular complexity index is 379. The third kappa shape index (κ3) is 3.59. The second-order valence-electron chi connectivity index (χ2n) is 5.27. The molecule has 2 nitrogen and oxygen atoms in total. The van der Waals surface area contributed by atoms with E-state index in [1.807, 2.05) is 12.1 Å². The van der Waals surface area contributed by atoms with Gasteiger partial charge in [-0.3, -0.25) is 4.79 Å². The van der Waals surface area contributed by atoms with Gasteiger partial charge in [0.15, 0.2) is 0 Å². The second kappa shape index (κ2) is 6.58. The molecule has 0 aromatic heterocycles. The van der Waals surface area contributed by atoms with Crippen LogP contribution in [0.1, 0.15) is 51.0 Å². The Kier molecular flexibility index (Phi) is 4.80. The molecule has 1 amide bonds. The highest BCUT2D eigenvalue weighted by atomic mass is 16.1. The summed E-state index contributed by atoms with van der Waals surface area (Å²) in [7, 11) is 0. The summed E-state index contributed by atoms with van der Waals surface area (Å²) in [4.78, 5) is 11.8. The van der Waals surface area contributed by atoms with E-state index >= 15 is 0 Å². The van der Waals surface area contributed by atoms with Gasteiger partial charge in [-0.25, -0.2) is 0 Å². The van der Waals surface area contributed by atoms with E-state index in [4.69, 9.17) is 0 Å². The van der Waals surface area contributed by atoms with Crippen LogP contribution in [0.5, 0.6) is 0 Å². The lowest BCUT2D eigenvalue weighted by Gasteiger charge is -2.24. The first kappa shape index (κ1) is 13.1. The van der Waals surface area contributed by atoms with Crippen LogP contribution in [0.25, 0.3) is 0 Å². The number of hydrogen-bond donors (Lipinski definition) is 1.